The van der Waals surface area contributed by atoms with Crippen molar-refractivity contribution >= 4 is 17.4 Å². The second-order valence-corrected chi connectivity index (χ2v) is 7.22. The Bertz CT molecular complexity index is 652. The van der Waals surface area contributed by atoms with Gasteiger partial charge in [0.25, 0.3) is 0 Å². The summed E-state index contributed by atoms with van der Waals surface area (Å²) in [4.78, 5) is 19.1. The molecule has 1 fully saturated rings. The normalized spacial score (nSPS) is 16.0. The molecule has 2 aromatic rings. The number of carbonyl (C=O) groups excluding carboxylic acids is 1. The lowest BCUT2D eigenvalue weighted by molar-refractivity contribution is 0.229. The van der Waals surface area contributed by atoms with Gasteiger partial charge in [0, 0.05) is 11.9 Å². The van der Waals surface area contributed by atoms with Crippen LogP contribution in [0.1, 0.15) is 35.1 Å². The van der Waals surface area contributed by atoms with Gasteiger partial charge in [0.1, 0.15) is 0 Å². The van der Waals surface area contributed by atoms with E-state index in [4.69, 9.17) is 0 Å². The second-order valence-electron chi connectivity index (χ2n) is 6.16. The summed E-state index contributed by atoms with van der Waals surface area (Å²) in [6, 6.07) is 10.0. The van der Waals surface area contributed by atoms with Gasteiger partial charge < -0.3 is 15.5 Å². The number of amides is 2. The predicted octanol–water partition coefficient (Wildman–Crippen LogP) is 3.09. The molecule has 128 valence electrons. The highest BCUT2D eigenvalue weighted by molar-refractivity contribution is 7.09. The van der Waals surface area contributed by atoms with Gasteiger partial charge in [0.05, 0.1) is 23.3 Å². The molecule has 1 aliphatic heterocycles. The summed E-state index contributed by atoms with van der Waals surface area (Å²) in [6.07, 6.45) is 2.49. The number of hydrogen-bond acceptors (Lipinski definition) is 4. The summed E-state index contributed by atoms with van der Waals surface area (Å²) in [6.45, 7) is 5.51. The van der Waals surface area contributed by atoms with Crippen LogP contribution in [-0.2, 0) is 6.54 Å². The van der Waals surface area contributed by atoms with Crippen molar-refractivity contribution in [1.29, 1.82) is 0 Å². The molecule has 5 nitrogen and oxygen atoms in total. The minimum atomic E-state index is -0.145. The molecule has 0 bridgehead atoms. The van der Waals surface area contributed by atoms with Crippen LogP contribution in [0.15, 0.2) is 35.7 Å². The molecule has 2 heterocycles. The van der Waals surface area contributed by atoms with Crippen molar-refractivity contribution in [3.63, 3.8) is 0 Å². The van der Waals surface area contributed by atoms with E-state index in [0.717, 1.165) is 35.9 Å². The molecule has 2 amide bonds. The fourth-order valence-electron chi connectivity index (χ4n) is 3.01. The largest absolute Gasteiger partial charge is 0.332 e. The molecular formula is C18H24N4OS. The minimum Gasteiger partial charge on any atom is -0.332 e. The lowest BCUT2D eigenvalue weighted by Gasteiger charge is -2.25. The smallest absolute Gasteiger partial charge is 0.315 e. The lowest BCUT2D eigenvalue weighted by atomic mass is 10.1. The number of benzene rings is 1. The fourth-order valence-corrected chi connectivity index (χ4v) is 3.63. The van der Waals surface area contributed by atoms with Crippen LogP contribution in [0.25, 0.3) is 0 Å². The van der Waals surface area contributed by atoms with E-state index in [-0.39, 0.29) is 12.1 Å². The third-order valence-electron chi connectivity index (χ3n) is 4.24. The average Bonchev–Trinajstić information content (AvgIpc) is 3.25. The van der Waals surface area contributed by atoms with Crippen LogP contribution >= 0.6 is 11.3 Å². The Hall–Kier alpha value is -1.92. The number of carbonyl (C=O) groups is 1. The molecule has 3 rings (SSSR count). The number of nitrogens with zero attached hydrogens (tertiary/aromatic N) is 2. The minimum absolute atomic E-state index is 0.00136. The van der Waals surface area contributed by atoms with Crippen LogP contribution in [0.5, 0.6) is 0 Å². The van der Waals surface area contributed by atoms with Gasteiger partial charge in [-0.2, -0.15) is 0 Å². The van der Waals surface area contributed by atoms with Gasteiger partial charge in [-0.25, -0.2) is 9.78 Å². The van der Waals surface area contributed by atoms with Crippen molar-refractivity contribution in [2.75, 3.05) is 19.6 Å². The van der Waals surface area contributed by atoms with Crippen LogP contribution in [0.4, 0.5) is 4.79 Å². The summed E-state index contributed by atoms with van der Waals surface area (Å²) in [5.41, 5.74) is 2.05. The van der Waals surface area contributed by atoms with Gasteiger partial charge in [0.2, 0.25) is 0 Å². The SMILES string of the molecule is Cc1nc(CNC(=O)NC(CN2CCCC2)c2ccccc2)cs1. The second kappa shape index (κ2) is 8.26. The highest BCUT2D eigenvalue weighted by atomic mass is 32.1. The van der Waals surface area contributed by atoms with Crippen molar-refractivity contribution in [3.05, 3.63) is 52.0 Å². The molecule has 0 spiro atoms. The van der Waals surface area contributed by atoms with E-state index in [0.29, 0.717) is 6.54 Å². The van der Waals surface area contributed by atoms with Crippen LogP contribution in [0.3, 0.4) is 0 Å². The van der Waals surface area contributed by atoms with Crippen molar-refractivity contribution < 1.29 is 4.79 Å². The number of nitrogens with one attached hydrogen (secondary N) is 2. The Morgan fingerprint density at radius 1 is 1.29 bits per heavy atom. The number of likely N-dealkylation sites (tertiary alicyclic amines) is 1. The van der Waals surface area contributed by atoms with E-state index in [1.165, 1.54) is 12.8 Å². The number of hydrogen-bond donors (Lipinski definition) is 2. The van der Waals surface area contributed by atoms with Gasteiger partial charge in [-0.15, -0.1) is 11.3 Å². The maximum absolute atomic E-state index is 12.3. The summed E-state index contributed by atoms with van der Waals surface area (Å²) >= 11 is 1.60. The summed E-state index contributed by atoms with van der Waals surface area (Å²) in [5, 5.41) is 9.03. The van der Waals surface area contributed by atoms with Crippen molar-refractivity contribution in [2.45, 2.75) is 32.4 Å². The molecule has 0 saturated carbocycles. The predicted molar refractivity (Wildman–Crippen MR) is 97.1 cm³/mol. The van der Waals surface area contributed by atoms with Gasteiger partial charge in [-0.1, -0.05) is 30.3 Å². The molecule has 6 heteroatoms. The third-order valence-corrected chi connectivity index (χ3v) is 5.07. The Labute approximate surface area is 147 Å². The molecule has 1 aromatic carbocycles. The summed E-state index contributed by atoms with van der Waals surface area (Å²) in [7, 11) is 0. The van der Waals surface area contributed by atoms with Crippen LogP contribution in [-0.4, -0.2) is 35.5 Å². The molecule has 24 heavy (non-hydrogen) atoms. The van der Waals surface area contributed by atoms with Crippen molar-refractivity contribution in [1.82, 2.24) is 20.5 Å². The van der Waals surface area contributed by atoms with E-state index in [1.807, 2.05) is 30.5 Å². The monoisotopic (exact) mass is 344 g/mol. The number of aryl methyl sites for hydroxylation is 1. The van der Waals surface area contributed by atoms with Gasteiger partial charge >= 0.3 is 6.03 Å². The number of thiazole rings is 1. The van der Waals surface area contributed by atoms with Gasteiger partial charge in [-0.05, 0) is 38.4 Å². The topological polar surface area (TPSA) is 57.3 Å². The highest BCUT2D eigenvalue weighted by Crippen LogP contribution is 2.17. The Morgan fingerprint density at radius 3 is 2.71 bits per heavy atom. The molecule has 1 aliphatic rings. The first-order chi connectivity index (χ1) is 11.7. The molecule has 1 saturated heterocycles. The first kappa shape index (κ1) is 16.9. The van der Waals surface area contributed by atoms with E-state index >= 15 is 0 Å². The third kappa shape index (κ3) is 4.79. The maximum Gasteiger partial charge on any atom is 0.315 e. The molecular weight excluding hydrogens is 320 g/mol. The van der Waals surface area contributed by atoms with Gasteiger partial charge in [-0.3, -0.25) is 0 Å². The highest BCUT2D eigenvalue weighted by Gasteiger charge is 2.20. The average molecular weight is 344 g/mol. The van der Waals surface area contributed by atoms with E-state index in [2.05, 4.69) is 32.7 Å². The zero-order valence-corrected chi connectivity index (χ0v) is 14.8. The Morgan fingerprint density at radius 2 is 2.04 bits per heavy atom. The standard InChI is InChI=1S/C18H24N4OS/c1-14-20-16(13-24-14)11-19-18(23)21-17(12-22-9-5-6-10-22)15-7-3-2-4-8-15/h2-4,7-8,13,17H,5-6,9-12H2,1H3,(H2,19,21,23). The number of aromatic nitrogens is 1. The molecule has 1 unspecified atom stereocenters. The quantitative estimate of drug-likeness (QED) is 0.847. The first-order valence-corrected chi connectivity index (χ1v) is 9.31. The van der Waals surface area contributed by atoms with E-state index in [9.17, 15) is 4.79 Å². The summed E-state index contributed by atoms with van der Waals surface area (Å²) < 4.78 is 0. The van der Waals surface area contributed by atoms with E-state index in [1.54, 1.807) is 11.3 Å². The molecule has 1 aromatic heterocycles. The zero-order valence-electron chi connectivity index (χ0n) is 14.0. The number of urea groups is 1. The van der Waals surface area contributed by atoms with Crippen LogP contribution in [0, 0.1) is 6.92 Å². The maximum atomic E-state index is 12.3. The molecule has 0 aliphatic carbocycles. The zero-order chi connectivity index (χ0) is 16.8. The van der Waals surface area contributed by atoms with Crippen molar-refractivity contribution in [3.8, 4) is 0 Å². The van der Waals surface area contributed by atoms with E-state index < -0.39 is 0 Å². The molecule has 2 N–H and O–H groups in total. The Balaban J connectivity index is 1.58. The van der Waals surface area contributed by atoms with Crippen LogP contribution in [0.2, 0.25) is 0 Å². The molecule has 1 atom stereocenters. The number of rotatable bonds is 6. The Kier molecular flexibility index (Phi) is 5.82. The molecule has 0 radical (unpaired) electrons. The van der Waals surface area contributed by atoms with Crippen molar-refractivity contribution in [2.24, 2.45) is 0 Å². The van der Waals surface area contributed by atoms with Gasteiger partial charge in [0.15, 0.2) is 0 Å². The van der Waals surface area contributed by atoms with Crippen LogP contribution < -0.4 is 10.6 Å². The summed E-state index contributed by atoms with van der Waals surface area (Å²) in [5.74, 6) is 0. The fraction of sp³-hybridized carbons (Fsp3) is 0.444. The lowest BCUT2D eigenvalue weighted by Crippen LogP contribution is -2.42. The first-order valence-electron chi connectivity index (χ1n) is 8.43.